The van der Waals surface area contributed by atoms with Gasteiger partial charge < -0.3 is 14.5 Å². The van der Waals surface area contributed by atoms with Gasteiger partial charge in [-0.15, -0.1) is 0 Å². The first-order valence-electron chi connectivity index (χ1n) is 8.20. The van der Waals surface area contributed by atoms with Gasteiger partial charge in [0.2, 0.25) is 0 Å². The van der Waals surface area contributed by atoms with Crippen molar-refractivity contribution in [2.24, 2.45) is 0 Å². The molecule has 0 spiro atoms. The van der Waals surface area contributed by atoms with Crippen molar-refractivity contribution in [3.05, 3.63) is 52.4 Å². The molecule has 1 N–H and O–H groups in total. The second kappa shape index (κ2) is 8.04. The van der Waals surface area contributed by atoms with Gasteiger partial charge in [0.1, 0.15) is 5.82 Å². The zero-order chi connectivity index (χ0) is 17.6. The first kappa shape index (κ1) is 17.3. The van der Waals surface area contributed by atoms with Crippen molar-refractivity contribution in [3.8, 4) is 11.4 Å². The molecule has 1 atom stereocenters. The molecule has 0 saturated carbocycles. The molecule has 1 saturated heterocycles. The molecule has 1 aliphatic rings. The fourth-order valence-electron chi connectivity index (χ4n) is 2.87. The summed E-state index contributed by atoms with van der Waals surface area (Å²) in [7, 11) is 1.37. The van der Waals surface area contributed by atoms with Gasteiger partial charge in [0, 0.05) is 31.3 Å². The molecule has 0 radical (unpaired) electrons. The first-order valence-corrected chi connectivity index (χ1v) is 8.20. The standard InChI is InChI=1S/C18H21N3O4/c1-24-17(23)10-15-12-21(7-8-25-15)11-14-9-16(22)20-18(19-14)13-5-3-2-4-6-13/h2-6,9,15H,7-8,10-12H2,1H3,(H,19,20,22). The monoisotopic (exact) mass is 343 g/mol. The number of nitrogens with one attached hydrogen (secondary N) is 1. The molecule has 3 rings (SSSR count). The minimum absolute atomic E-state index is 0.178. The molecule has 1 aromatic heterocycles. The van der Waals surface area contributed by atoms with Gasteiger partial charge in [-0.05, 0) is 0 Å². The van der Waals surface area contributed by atoms with E-state index in [4.69, 9.17) is 9.47 Å². The van der Waals surface area contributed by atoms with Gasteiger partial charge in [0.05, 0.1) is 31.9 Å². The van der Waals surface area contributed by atoms with Crippen LogP contribution in [0, 0.1) is 0 Å². The van der Waals surface area contributed by atoms with Crippen LogP contribution in [0.25, 0.3) is 11.4 Å². The van der Waals surface area contributed by atoms with Gasteiger partial charge in [-0.1, -0.05) is 30.3 Å². The Hall–Kier alpha value is -2.51. The number of benzene rings is 1. The molecule has 0 amide bonds. The van der Waals surface area contributed by atoms with E-state index >= 15 is 0 Å². The van der Waals surface area contributed by atoms with Crippen LogP contribution in [0.2, 0.25) is 0 Å². The van der Waals surface area contributed by atoms with Crippen molar-refractivity contribution in [3.63, 3.8) is 0 Å². The van der Waals surface area contributed by atoms with Gasteiger partial charge in [-0.25, -0.2) is 4.98 Å². The van der Waals surface area contributed by atoms with E-state index in [0.29, 0.717) is 31.2 Å². The predicted molar refractivity (Wildman–Crippen MR) is 91.9 cm³/mol. The Morgan fingerprint density at radius 1 is 1.40 bits per heavy atom. The van der Waals surface area contributed by atoms with Crippen molar-refractivity contribution in [2.75, 3.05) is 26.8 Å². The van der Waals surface area contributed by atoms with E-state index in [-0.39, 0.29) is 24.1 Å². The lowest BCUT2D eigenvalue weighted by Gasteiger charge is -2.32. The molecular formula is C18H21N3O4. The zero-order valence-electron chi connectivity index (χ0n) is 14.1. The highest BCUT2D eigenvalue weighted by atomic mass is 16.5. The molecule has 1 aliphatic heterocycles. The number of carbonyl (C=O) groups is 1. The minimum atomic E-state index is -0.285. The van der Waals surface area contributed by atoms with E-state index in [1.54, 1.807) is 0 Å². The highest BCUT2D eigenvalue weighted by molar-refractivity contribution is 5.69. The number of hydrogen-bond acceptors (Lipinski definition) is 6. The number of methoxy groups -OCH3 is 1. The fourth-order valence-corrected chi connectivity index (χ4v) is 2.87. The number of ether oxygens (including phenoxy) is 2. The molecule has 1 aromatic carbocycles. The molecule has 2 aromatic rings. The number of aromatic amines is 1. The van der Waals surface area contributed by atoms with Crippen LogP contribution >= 0.6 is 0 Å². The average Bonchev–Trinajstić information content (AvgIpc) is 2.62. The van der Waals surface area contributed by atoms with E-state index in [1.807, 2.05) is 30.3 Å². The number of aromatic nitrogens is 2. The third-order valence-electron chi connectivity index (χ3n) is 4.07. The van der Waals surface area contributed by atoms with Crippen LogP contribution < -0.4 is 5.56 Å². The van der Waals surface area contributed by atoms with Gasteiger partial charge in [-0.2, -0.15) is 0 Å². The molecule has 0 bridgehead atoms. The fraction of sp³-hybridized carbons (Fsp3) is 0.389. The summed E-state index contributed by atoms with van der Waals surface area (Å²) >= 11 is 0. The molecule has 25 heavy (non-hydrogen) atoms. The number of H-pyrrole nitrogens is 1. The summed E-state index contributed by atoms with van der Waals surface area (Å²) in [5, 5.41) is 0. The Balaban J connectivity index is 1.71. The number of esters is 1. The molecular weight excluding hydrogens is 322 g/mol. The molecule has 1 fully saturated rings. The Morgan fingerprint density at radius 3 is 2.96 bits per heavy atom. The highest BCUT2D eigenvalue weighted by Gasteiger charge is 2.23. The summed E-state index contributed by atoms with van der Waals surface area (Å²) in [5.74, 6) is 0.273. The van der Waals surface area contributed by atoms with Crippen LogP contribution in [-0.2, 0) is 20.8 Å². The number of carbonyl (C=O) groups excluding carboxylic acids is 1. The second-order valence-corrected chi connectivity index (χ2v) is 5.96. The van der Waals surface area contributed by atoms with Crippen molar-refractivity contribution in [1.82, 2.24) is 14.9 Å². The minimum Gasteiger partial charge on any atom is -0.469 e. The molecule has 1 unspecified atom stereocenters. The van der Waals surface area contributed by atoms with Crippen molar-refractivity contribution < 1.29 is 14.3 Å². The number of morpholine rings is 1. The lowest BCUT2D eigenvalue weighted by molar-refractivity contribution is -0.145. The van der Waals surface area contributed by atoms with Crippen LogP contribution in [0.3, 0.4) is 0 Å². The largest absolute Gasteiger partial charge is 0.469 e. The first-order chi connectivity index (χ1) is 12.1. The summed E-state index contributed by atoms with van der Waals surface area (Å²) in [6.45, 7) is 2.40. The quantitative estimate of drug-likeness (QED) is 0.821. The number of rotatable bonds is 5. The smallest absolute Gasteiger partial charge is 0.308 e. The summed E-state index contributed by atoms with van der Waals surface area (Å²) in [6.07, 6.45) is 0.0298. The number of nitrogens with zero attached hydrogens (tertiary/aromatic N) is 2. The summed E-state index contributed by atoms with van der Waals surface area (Å²) in [6, 6.07) is 11.0. The predicted octanol–water partition coefficient (Wildman–Crippen LogP) is 1.20. The van der Waals surface area contributed by atoms with Gasteiger partial charge in [0.15, 0.2) is 0 Å². The zero-order valence-corrected chi connectivity index (χ0v) is 14.1. The third-order valence-corrected chi connectivity index (χ3v) is 4.07. The Morgan fingerprint density at radius 2 is 2.20 bits per heavy atom. The Bertz CT molecular complexity index is 775. The normalized spacial score (nSPS) is 18.0. The molecule has 7 nitrogen and oxygen atoms in total. The highest BCUT2D eigenvalue weighted by Crippen LogP contribution is 2.15. The van der Waals surface area contributed by atoms with E-state index in [1.165, 1.54) is 13.2 Å². The van der Waals surface area contributed by atoms with Gasteiger partial charge >= 0.3 is 5.97 Å². The molecule has 2 heterocycles. The topological polar surface area (TPSA) is 84.5 Å². The van der Waals surface area contributed by atoms with Crippen LogP contribution in [-0.4, -0.2) is 53.7 Å². The van der Waals surface area contributed by atoms with Gasteiger partial charge in [-0.3, -0.25) is 14.5 Å². The summed E-state index contributed by atoms with van der Waals surface area (Å²) < 4.78 is 10.3. The second-order valence-electron chi connectivity index (χ2n) is 5.96. The Kier molecular flexibility index (Phi) is 5.57. The van der Waals surface area contributed by atoms with Crippen molar-refractivity contribution in [2.45, 2.75) is 19.1 Å². The van der Waals surface area contributed by atoms with Crippen molar-refractivity contribution in [1.29, 1.82) is 0 Å². The maximum Gasteiger partial charge on any atom is 0.308 e. The Labute approximate surface area is 145 Å². The molecule has 0 aliphatic carbocycles. The van der Waals surface area contributed by atoms with Crippen molar-refractivity contribution >= 4 is 5.97 Å². The van der Waals surface area contributed by atoms with E-state index in [9.17, 15) is 9.59 Å². The number of hydrogen-bond donors (Lipinski definition) is 1. The summed E-state index contributed by atoms with van der Waals surface area (Å²) in [5.41, 5.74) is 1.39. The van der Waals surface area contributed by atoms with E-state index in [2.05, 4.69) is 14.9 Å². The van der Waals surface area contributed by atoms with E-state index < -0.39 is 0 Å². The lowest BCUT2D eigenvalue weighted by Crippen LogP contribution is -2.43. The molecule has 132 valence electrons. The van der Waals surface area contributed by atoms with Crippen LogP contribution in [0.4, 0.5) is 0 Å². The maximum absolute atomic E-state index is 12.0. The lowest BCUT2D eigenvalue weighted by atomic mass is 10.2. The van der Waals surface area contributed by atoms with Crippen LogP contribution in [0.1, 0.15) is 12.1 Å². The maximum atomic E-state index is 12.0. The third kappa shape index (κ3) is 4.74. The average molecular weight is 343 g/mol. The van der Waals surface area contributed by atoms with Gasteiger partial charge in [0.25, 0.3) is 5.56 Å². The molecule has 7 heteroatoms. The SMILES string of the molecule is COC(=O)CC1CN(Cc2cc(=O)[nH]c(-c3ccccc3)n2)CCO1. The van der Waals surface area contributed by atoms with Crippen LogP contribution in [0.5, 0.6) is 0 Å². The van der Waals surface area contributed by atoms with E-state index in [0.717, 1.165) is 12.1 Å². The summed E-state index contributed by atoms with van der Waals surface area (Å²) in [4.78, 5) is 32.9. The van der Waals surface area contributed by atoms with Crippen LogP contribution in [0.15, 0.2) is 41.2 Å².